The van der Waals surface area contributed by atoms with Crippen LogP contribution in [0.1, 0.15) is 15.9 Å². The first-order valence-corrected chi connectivity index (χ1v) is 6.85. The van der Waals surface area contributed by atoms with E-state index in [4.69, 9.17) is 4.74 Å². The number of nitrogens with one attached hydrogen (secondary N) is 1. The molecule has 0 unspecified atom stereocenters. The molecule has 110 valence electrons. The van der Waals surface area contributed by atoms with Crippen molar-refractivity contribution < 1.29 is 18.3 Å². The van der Waals surface area contributed by atoms with Gasteiger partial charge in [0, 0.05) is 22.8 Å². The summed E-state index contributed by atoms with van der Waals surface area (Å²) in [7, 11) is 1.53. The number of carbonyl (C=O) groups excluding carboxylic acids is 1. The van der Waals surface area contributed by atoms with Gasteiger partial charge < -0.3 is 10.1 Å². The Hall–Kier alpha value is -1.79. The van der Waals surface area contributed by atoms with Crippen molar-refractivity contribution in [3.63, 3.8) is 0 Å². The maximum atomic E-state index is 13.6. The van der Waals surface area contributed by atoms with Crippen LogP contribution in [0.3, 0.4) is 0 Å². The molecule has 3 nitrogen and oxygen atoms in total. The highest BCUT2D eigenvalue weighted by atomic mass is 79.9. The monoisotopic (exact) mass is 355 g/mol. The highest BCUT2D eigenvalue weighted by Gasteiger charge is 2.17. The first kappa shape index (κ1) is 15.6. The van der Waals surface area contributed by atoms with Crippen molar-refractivity contribution in [1.29, 1.82) is 0 Å². The fourth-order valence-electron chi connectivity index (χ4n) is 1.84. The van der Waals surface area contributed by atoms with Crippen LogP contribution in [0, 0.1) is 11.6 Å². The van der Waals surface area contributed by atoms with Crippen LogP contribution >= 0.6 is 15.9 Å². The van der Waals surface area contributed by atoms with Gasteiger partial charge in [-0.3, -0.25) is 4.79 Å². The lowest BCUT2D eigenvalue weighted by Crippen LogP contribution is -2.16. The third-order valence-electron chi connectivity index (χ3n) is 2.85. The second kappa shape index (κ2) is 6.78. The number of benzene rings is 2. The van der Waals surface area contributed by atoms with Gasteiger partial charge in [0.2, 0.25) is 0 Å². The van der Waals surface area contributed by atoms with E-state index in [2.05, 4.69) is 21.2 Å². The topological polar surface area (TPSA) is 38.3 Å². The van der Waals surface area contributed by atoms with Gasteiger partial charge in [-0.25, -0.2) is 8.78 Å². The minimum absolute atomic E-state index is 0.267. The Labute approximate surface area is 129 Å². The highest BCUT2D eigenvalue weighted by Crippen LogP contribution is 2.26. The molecular formula is C15H12BrF2NO2. The molecule has 6 heteroatoms. The third kappa shape index (κ3) is 3.46. The number of amides is 1. The van der Waals surface area contributed by atoms with Crippen LogP contribution < -0.4 is 5.32 Å². The molecule has 1 N–H and O–H groups in total. The summed E-state index contributed by atoms with van der Waals surface area (Å²) in [5.74, 6) is -2.95. The van der Waals surface area contributed by atoms with Gasteiger partial charge in [-0.1, -0.05) is 28.1 Å². The number of halogens is 3. The van der Waals surface area contributed by atoms with Crippen LogP contribution in [-0.4, -0.2) is 13.0 Å². The summed E-state index contributed by atoms with van der Waals surface area (Å²) in [6.45, 7) is 0.267. The molecular weight excluding hydrogens is 344 g/mol. The zero-order valence-corrected chi connectivity index (χ0v) is 12.7. The summed E-state index contributed by atoms with van der Waals surface area (Å²) in [5, 5.41) is 2.56. The van der Waals surface area contributed by atoms with Crippen molar-refractivity contribution in [1.82, 2.24) is 0 Å². The largest absolute Gasteiger partial charge is 0.380 e. The Bertz CT molecular complexity index is 677. The maximum Gasteiger partial charge on any atom is 0.258 e. The Morgan fingerprint density at radius 3 is 2.67 bits per heavy atom. The van der Waals surface area contributed by atoms with E-state index in [1.807, 2.05) is 0 Å². The van der Waals surface area contributed by atoms with E-state index < -0.39 is 17.5 Å². The van der Waals surface area contributed by atoms with Gasteiger partial charge in [-0.05, 0) is 24.3 Å². The van der Waals surface area contributed by atoms with Gasteiger partial charge >= 0.3 is 0 Å². The molecule has 21 heavy (non-hydrogen) atoms. The molecule has 0 aliphatic carbocycles. The van der Waals surface area contributed by atoms with E-state index in [9.17, 15) is 13.6 Å². The van der Waals surface area contributed by atoms with Crippen LogP contribution in [0.2, 0.25) is 0 Å². The van der Waals surface area contributed by atoms with E-state index in [1.165, 1.54) is 19.2 Å². The smallest absolute Gasteiger partial charge is 0.258 e. The van der Waals surface area contributed by atoms with Gasteiger partial charge in [-0.2, -0.15) is 0 Å². The third-order valence-corrected chi connectivity index (χ3v) is 3.59. The van der Waals surface area contributed by atoms with E-state index in [0.29, 0.717) is 11.3 Å². The molecule has 2 aromatic rings. The Kier molecular flexibility index (Phi) is 5.03. The van der Waals surface area contributed by atoms with Gasteiger partial charge in [0.25, 0.3) is 5.91 Å². The SMILES string of the molecule is COCc1c(Br)cccc1NC(=O)c1cccc(F)c1F. The van der Waals surface area contributed by atoms with E-state index in [1.54, 1.807) is 18.2 Å². The average molecular weight is 356 g/mol. The van der Waals surface area contributed by atoms with Crippen LogP contribution in [0.5, 0.6) is 0 Å². The number of carbonyl (C=O) groups is 1. The molecule has 0 aliphatic heterocycles. The van der Waals surface area contributed by atoms with Gasteiger partial charge in [-0.15, -0.1) is 0 Å². The van der Waals surface area contributed by atoms with Crippen molar-refractivity contribution >= 4 is 27.5 Å². The predicted molar refractivity (Wildman–Crippen MR) is 79.2 cm³/mol. The van der Waals surface area contributed by atoms with Crippen LogP contribution in [-0.2, 0) is 11.3 Å². The van der Waals surface area contributed by atoms with Crippen molar-refractivity contribution in [3.8, 4) is 0 Å². The molecule has 0 aromatic heterocycles. The molecule has 2 aromatic carbocycles. The average Bonchev–Trinajstić information content (AvgIpc) is 2.45. The molecule has 0 radical (unpaired) electrons. The normalized spacial score (nSPS) is 10.5. The molecule has 0 spiro atoms. The van der Waals surface area contributed by atoms with Crippen LogP contribution in [0.25, 0.3) is 0 Å². The Morgan fingerprint density at radius 1 is 1.24 bits per heavy atom. The summed E-state index contributed by atoms with van der Waals surface area (Å²) in [6.07, 6.45) is 0. The highest BCUT2D eigenvalue weighted by molar-refractivity contribution is 9.10. The summed E-state index contributed by atoms with van der Waals surface area (Å²) in [5.41, 5.74) is 0.836. The quantitative estimate of drug-likeness (QED) is 0.895. The van der Waals surface area contributed by atoms with Gasteiger partial charge in [0.15, 0.2) is 11.6 Å². The zero-order chi connectivity index (χ0) is 15.4. The molecule has 0 bridgehead atoms. The number of hydrogen-bond acceptors (Lipinski definition) is 2. The molecule has 0 saturated heterocycles. The summed E-state index contributed by atoms with van der Waals surface area (Å²) in [4.78, 5) is 12.1. The lowest BCUT2D eigenvalue weighted by Gasteiger charge is -2.12. The molecule has 2 rings (SSSR count). The number of anilines is 1. The number of rotatable bonds is 4. The molecule has 0 fully saturated rings. The standard InChI is InChI=1S/C15H12BrF2NO2/c1-21-8-10-11(16)5-3-7-13(10)19-15(20)9-4-2-6-12(17)14(9)18/h2-7H,8H2,1H3,(H,19,20). The minimum atomic E-state index is -1.17. The molecule has 1 amide bonds. The zero-order valence-electron chi connectivity index (χ0n) is 11.1. The Morgan fingerprint density at radius 2 is 1.95 bits per heavy atom. The first-order chi connectivity index (χ1) is 10.0. The molecule has 0 heterocycles. The number of ether oxygens (including phenoxy) is 1. The van der Waals surface area contributed by atoms with E-state index in [-0.39, 0.29) is 12.2 Å². The van der Waals surface area contributed by atoms with Crippen molar-refractivity contribution in [2.45, 2.75) is 6.61 Å². The summed E-state index contributed by atoms with van der Waals surface area (Å²) in [6, 6.07) is 8.65. The lowest BCUT2D eigenvalue weighted by molar-refractivity contribution is 0.102. The van der Waals surface area contributed by atoms with Crippen LogP contribution in [0.15, 0.2) is 40.9 Å². The fraction of sp³-hybridized carbons (Fsp3) is 0.133. The molecule has 0 saturated carbocycles. The van der Waals surface area contributed by atoms with Gasteiger partial charge in [0.1, 0.15) is 0 Å². The summed E-state index contributed by atoms with van der Waals surface area (Å²) < 4.78 is 32.6. The first-order valence-electron chi connectivity index (χ1n) is 6.06. The lowest BCUT2D eigenvalue weighted by atomic mass is 10.1. The van der Waals surface area contributed by atoms with Gasteiger partial charge in [0.05, 0.1) is 12.2 Å². The van der Waals surface area contributed by atoms with Crippen molar-refractivity contribution in [2.75, 3.05) is 12.4 Å². The van der Waals surface area contributed by atoms with E-state index in [0.717, 1.165) is 10.5 Å². The number of methoxy groups -OCH3 is 1. The molecule has 0 atom stereocenters. The Balaban J connectivity index is 2.32. The second-order valence-corrected chi connectivity index (χ2v) is 5.11. The van der Waals surface area contributed by atoms with Crippen LogP contribution in [0.4, 0.5) is 14.5 Å². The second-order valence-electron chi connectivity index (χ2n) is 4.25. The number of hydrogen-bond donors (Lipinski definition) is 1. The van der Waals surface area contributed by atoms with Crippen molar-refractivity contribution in [3.05, 3.63) is 63.6 Å². The maximum absolute atomic E-state index is 13.6. The summed E-state index contributed by atoms with van der Waals surface area (Å²) >= 11 is 3.36. The fourth-order valence-corrected chi connectivity index (χ4v) is 2.32. The minimum Gasteiger partial charge on any atom is -0.380 e. The van der Waals surface area contributed by atoms with E-state index >= 15 is 0 Å². The predicted octanol–water partition coefficient (Wildman–Crippen LogP) is 4.13. The van der Waals surface area contributed by atoms with Crippen molar-refractivity contribution in [2.24, 2.45) is 0 Å². The molecule has 0 aliphatic rings.